The first-order valence-corrected chi connectivity index (χ1v) is 13.5. The van der Waals surface area contributed by atoms with Crippen molar-refractivity contribution in [1.29, 1.82) is 0 Å². The maximum Gasteiger partial charge on any atom is 0.138 e. The minimum atomic E-state index is 0.150. The number of rotatable bonds is 4. The Morgan fingerprint density at radius 2 is 1.29 bits per heavy atom. The lowest BCUT2D eigenvalue weighted by molar-refractivity contribution is 0.511. The van der Waals surface area contributed by atoms with Gasteiger partial charge in [0.25, 0.3) is 0 Å². The summed E-state index contributed by atoms with van der Waals surface area (Å²) in [7, 11) is 2.16. The van der Waals surface area contributed by atoms with Gasteiger partial charge in [-0.15, -0.1) is 0 Å². The molecule has 0 radical (unpaired) electrons. The summed E-state index contributed by atoms with van der Waals surface area (Å²) >= 11 is 0. The largest absolute Gasteiger partial charge is 0.461 e. The molecule has 3 atom stereocenters. The van der Waals surface area contributed by atoms with Gasteiger partial charge in [-0.25, -0.2) is 0 Å². The molecule has 0 fully saturated rings. The van der Waals surface area contributed by atoms with Gasteiger partial charge < -0.3 is 8.98 Å². The van der Waals surface area contributed by atoms with Crippen LogP contribution in [0.5, 0.6) is 0 Å². The van der Waals surface area contributed by atoms with E-state index in [2.05, 4.69) is 141 Å². The van der Waals surface area contributed by atoms with Crippen molar-refractivity contribution in [3.05, 3.63) is 155 Å². The molecule has 2 heteroatoms. The Bertz CT molecular complexity index is 1740. The summed E-state index contributed by atoms with van der Waals surface area (Å²) in [5.41, 5.74) is 10.4. The van der Waals surface area contributed by atoms with E-state index < -0.39 is 0 Å². The van der Waals surface area contributed by atoms with Gasteiger partial charge in [-0.05, 0) is 36.6 Å². The highest BCUT2D eigenvalue weighted by Gasteiger charge is 2.48. The van der Waals surface area contributed by atoms with E-state index in [0.717, 1.165) is 17.1 Å². The summed E-state index contributed by atoms with van der Waals surface area (Å²) in [6.07, 6.45) is 2.35. The topological polar surface area (TPSA) is 18.1 Å². The molecule has 38 heavy (non-hydrogen) atoms. The van der Waals surface area contributed by atoms with E-state index in [1.165, 1.54) is 44.3 Å². The molecule has 0 amide bonds. The predicted molar refractivity (Wildman–Crippen MR) is 156 cm³/mol. The molecule has 186 valence electrons. The van der Waals surface area contributed by atoms with Crippen molar-refractivity contribution in [1.82, 2.24) is 4.57 Å². The molecular formula is C36H31NO. The highest BCUT2D eigenvalue weighted by Crippen LogP contribution is 2.62. The number of aromatic nitrogens is 1. The smallest absolute Gasteiger partial charge is 0.138 e. The number of hydrogen-bond acceptors (Lipinski definition) is 1. The molecule has 2 heterocycles. The van der Waals surface area contributed by atoms with E-state index in [1.54, 1.807) is 0 Å². The Balaban J connectivity index is 1.58. The maximum atomic E-state index is 6.69. The van der Waals surface area contributed by atoms with Crippen LogP contribution in [-0.2, 0) is 7.05 Å². The molecule has 0 aliphatic heterocycles. The zero-order chi connectivity index (χ0) is 25.8. The van der Waals surface area contributed by atoms with Gasteiger partial charge in [0, 0.05) is 58.6 Å². The van der Waals surface area contributed by atoms with Crippen LogP contribution in [0.1, 0.15) is 56.9 Å². The third-order valence-corrected chi connectivity index (χ3v) is 8.43. The average molecular weight is 494 g/mol. The molecule has 1 aliphatic carbocycles. The first-order chi connectivity index (χ1) is 18.6. The van der Waals surface area contributed by atoms with Crippen LogP contribution < -0.4 is 0 Å². The number of para-hydroxylation sites is 1. The van der Waals surface area contributed by atoms with Crippen LogP contribution in [0.2, 0.25) is 0 Å². The highest BCUT2D eigenvalue weighted by atomic mass is 16.3. The Hall–Kier alpha value is -4.30. The van der Waals surface area contributed by atoms with Gasteiger partial charge in [0.15, 0.2) is 0 Å². The third kappa shape index (κ3) is 3.48. The maximum absolute atomic E-state index is 6.69. The van der Waals surface area contributed by atoms with Gasteiger partial charge in [0.05, 0.1) is 0 Å². The van der Waals surface area contributed by atoms with E-state index in [4.69, 9.17) is 4.42 Å². The normalized spacial score (nSPS) is 18.7. The zero-order valence-corrected chi connectivity index (χ0v) is 22.1. The van der Waals surface area contributed by atoms with Crippen molar-refractivity contribution in [2.24, 2.45) is 7.05 Å². The molecule has 2 nitrogen and oxygen atoms in total. The number of fused-ring (bicyclic) bond motifs is 2. The number of aryl methyl sites for hydroxylation is 3. The molecule has 0 bridgehead atoms. The summed E-state index contributed by atoms with van der Waals surface area (Å²) < 4.78 is 8.97. The SMILES string of the molecule is Cc1ccc([C@H]2[C@H](c3ccccc3)c3c(C)oc(-c4ccccc4)c3[C@@H]2c2cn(C)c3ccccc23)cc1. The van der Waals surface area contributed by atoms with Gasteiger partial charge in [0.2, 0.25) is 0 Å². The van der Waals surface area contributed by atoms with Crippen molar-refractivity contribution >= 4 is 10.9 Å². The Labute approximate surface area is 224 Å². The molecular weight excluding hydrogens is 462 g/mol. The molecule has 1 aliphatic rings. The van der Waals surface area contributed by atoms with Crippen molar-refractivity contribution in [3.8, 4) is 11.3 Å². The summed E-state index contributed by atoms with van der Waals surface area (Å²) in [4.78, 5) is 0. The monoisotopic (exact) mass is 493 g/mol. The fourth-order valence-electron chi connectivity index (χ4n) is 6.80. The second-order valence-electron chi connectivity index (χ2n) is 10.7. The average Bonchev–Trinajstić information content (AvgIpc) is 3.59. The lowest BCUT2D eigenvalue weighted by Crippen LogP contribution is -2.14. The quantitative estimate of drug-likeness (QED) is 0.239. The van der Waals surface area contributed by atoms with Gasteiger partial charge in [0.1, 0.15) is 11.5 Å². The zero-order valence-electron chi connectivity index (χ0n) is 22.1. The fourth-order valence-corrected chi connectivity index (χ4v) is 6.80. The van der Waals surface area contributed by atoms with E-state index >= 15 is 0 Å². The summed E-state index contributed by atoms with van der Waals surface area (Å²) in [5.74, 6) is 2.61. The van der Waals surface area contributed by atoms with Gasteiger partial charge in [-0.3, -0.25) is 0 Å². The number of nitrogens with zero attached hydrogens (tertiary/aromatic N) is 1. The highest BCUT2D eigenvalue weighted by molar-refractivity contribution is 5.86. The Kier molecular flexibility index (Phi) is 5.37. The van der Waals surface area contributed by atoms with Crippen LogP contribution in [0.3, 0.4) is 0 Å². The first-order valence-electron chi connectivity index (χ1n) is 13.5. The first kappa shape index (κ1) is 22.9. The van der Waals surface area contributed by atoms with Gasteiger partial charge >= 0.3 is 0 Å². The lowest BCUT2D eigenvalue weighted by Gasteiger charge is -2.28. The molecule has 4 aromatic carbocycles. The lowest BCUT2D eigenvalue weighted by atomic mass is 9.75. The molecule has 7 rings (SSSR count). The van der Waals surface area contributed by atoms with E-state index in [0.29, 0.717) is 0 Å². The fraction of sp³-hybridized carbons (Fsp3) is 0.167. The number of benzene rings is 4. The Morgan fingerprint density at radius 3 is 2.03 bits per heavy atom. The van der Waals surface area contributed by atoms with Crippen LogP contribution >= 0.6 is 0 Å². The Morgan fingerprint density at radius 1 is 0.632 bits per heavy atom. The number of furan rings is 1. The standard InChI is InChI=1S/C36H31NO/c1-23-18-20-26(21-19-23)33-32(25-12-6-4-7-13-25)31-24(2)38-36(27-14-8-5-9-15-27)35(31)34(33)29-22-37(3)30-17-11-10-16-28(29)30/h4-22,32-34H,1-3H3/t32-,33+,34-/m1/s1. The minimum absolute atomic E-state index is 0.150. The predicted octanol–water partition coefficient (Wildman–Crippen LogP) is 9.12. The van der Waals surface area contributed by atoms with Crippen LogP contribution in [0.25, 0.3) is 22.2 Å². The van der Waals surface area contributed by atoms with Crippen LogP contribution in [0.4, 0.5) is 0 Å². The molecule has 0 spiro atoms. The van der Waals surface area contributed by atoms with Gasteiger partial charge in [-0.2, -0.15) is 0 Å². The van der Waals surface area contributed by atoms with Crippen molar-refractivity contribution in [2.75, 3.05) is 0 Å². The van der Waals surface area contributed by atoms with Crippen LogP contribution in [0.15, 0.2) is 120 Å². The number of hydrogen-bond donors (Lipinski definition) is 0. The minimum Gasteiger partial charge on any atom is -0.461 e. The molecule has 0 N–H and O–H groups in total. The van der Waals surface area contributed by atoms with Crippen LogP contribution in [-0.4, -0.2) is 4.57 Å². The summed E-state index contributed by atoms with van der Waals surface area (Å²) in [6, 6.07) is 39.7. The summed E-state index contributed by atoms with van der Waals surface area (Å²) in [6.45, 7) is 4.32. The molecule has 0 saturated carbocycles. The van der Waals surface area contributed by atoms with Crippen molar-refractivity contribution in [2.45, 2.75) is 31.6 Å². The molecule has 2 aromatic heterocycles. The van der Waals surface area contributed by atoms with Crippen molar-refractivity contribution in [3.63, 3.8) is 0 Å². The third-order valence-electron chi connectivity index (χ3n) is 8.43. The molecule has 6 aromatic rings. The van der Waals surface area contributed by atoms with Crippen molar-refractivity contribution < 1.29 is 4.42 Å². The second-order valence-corrected chi connectivity index (χ2v) is 10.7. The van der Waals surface area contributed by atoms with E-state index in [9.17, 15) is 0 Å². The van der Waals surface area contributed by atoms with Crippen LogP contribution in [0, 0.1) is 13.8 Å². The molecule has 0 saturated heterocycles. The van der Waals surface area contributed by atoms with E-state index in [-0.39, 0.29) is 17.8 Å². The summed E-state index contributed by atoms with van der Waals surface area (Å²) in [5, 5.41) is 1.31. The van der Waals surface area contributed by atoms with Gasteiger partial charge in [-0.1, -0.05) is 109 Å². The molecule has 0 unspecified atom stereocenters. The van der Waals surface area contributed by atoms with E-state index in [1.807, 2.05) is 0 Å². The second kappa shape index (κ2) is 8.92.